The Balaban J connectivity index is 2.56. The van der Waals surface area contributed by atoms with Gasteiger partial charge in [0, 0.05) is 24.8 Å². The van der Waals surface area contributed by atoms with Crippen LogP contribution in [0.3, 0.4) is 0 Å². The van der Waals surface area contributed by atoms with Gasteiger partial charge >= 0.3 is 0 Å². The minimum absolute atomic E-state index is 0.200. The monoisotopic (exact) mass is 292 g/mol. The lowest BCUT2D eigenvalue weighted by Gasteiger charge is -2.39. The van der Waals surface area contributed by atoms with Gasteiger partial charge in [0.05, 0.1) is 0 Å². The highest BCUT2D eigenvalue weighted by molar-refractivity contribution is 5.94. The lowest BCUT2D eigenvalue weighted by atomic mass is 9.87. The fourth-order valence-electron chi connectivity index (χ4n) is 2.54. The lowest BCUT2D eigenvalue weighted by Crippen LogP contribution is -2.55. The molecule has 0 aromatic heterocycles. The van der Waals surface area contributed by atoms with Gasteiger partial charge < -0.3 is 15.2 Å². The third-order valence-corrected chi connectivity index (χ3v) is 3.71. The number of benzene rings is 1. The second-order valence-electron chi connectivity index (χ2n) is 5.07. The van der Waals surface area contributed by atoms with Crippen LogP contribution in [0, 0.1) is 0 Å². The fourth-order valence-corrected chi connectivity index (χ4v) is 2.54. The first-order valence-corrected chi connectivity index (χ1v) is 6.80. The number of nitrogens with two attached hydrogens (primary N) is 1. The molecule has 1 amide bonds. The molecule has 2 rings (SSSR count). The van der Waals surface area contributed by atoms with Crippen LogP contribution in [0.5, 0.6) is 0 Å². The molecule has 0 saturated carbocycles. The third kappa shape index (κ3) is 2.83. The molecule has 0 saturated heterocycles. The number of ether oxygens (including phenoxy) is 2. The summed E-state index contributed by atoms with van der Waals surface area (Å²) in [7, 11) is 1.50. The molecule has 0 radical (unpaired) electrons. The van der Waals surface area contributed by atoms with Gasteiger partial charge in [-0.1, -0.05) is 6.07 Å². The van der Waals surface area contributed by atoms with Gasteiger partial charge in [-0.15, -0.1) is 0 Å². The van der Waals surface area contributed by atoms with Gasteiger partial charge in [-0.2, -0.15) is 0 Å². The molecule has 0 aliphatic carbocycles. The first-order valence-electron chi connectivity index (χ1n) is 6.80. The van der Waals surface area contributed by atoms with Gasteiger partial charge in [0.25, 0.3) is 0 Å². The maximum atomic E-state index is 12.3. The Labute approximate surface area is 123 Å². The summed E-state index contributed by atoms with van der Waals surface area (Å²) in [6, 6.07) is 5.10. The number of primary amides is 1. The van der Waals surface area contributed by atoms with Crippen molar-refractivity contribution in [1.29, 1.82) is 0 Å². The zero-order valence-electron chi connectivity index (χ0n) is 12.4. The quantitative estimate of drug-likeness (QED) is 0.779. The van der Waals surface area contributed by atoms with E-state index in [9.17, 15) is 9.59 Å². The van der Waals surface area contributed by atoms with Crippen LogP contribution in [0.4, 0.5) is 0 Å². The fraction of sp³-hybridized carbons (Fsp3) is 0.467. The van der Waals surface area contributed by atoms with E-state index in [-0.39, 0.29) is 5.78 Å². The minimum Gasteiger partial charge on any atom is -0.366 e. The average Bonchev–Trinajstić information content (AvgIpc) is 2.46. The third-order valence-electron chi connectivity index (χ3n) is 3.71. The second-order valence-corrected chi connectivity index (χ2v) is 5.07. The number of hydrogen-bond acceptors (Lipinski definition) is 5. The number of fused-ring (bicyclic) bond motifs is 1. The van der Waals surface area contributed by atoms with Gasteiger partial charge in [0.1, 0.15) is 0 Å². The van der Waals surface area contributed by atoms with Crippen molar-refractivity contribution in [3.05, 3.63) is 34.9 Å². The predicted molar refractivity (Wildman–Crippen MR) is 76.6 cm³/mol. The highest BCUT2D eigenvalue weighted by Gasteiger charge is 2.43. The molecule has 1 aromatic rings. The molecule has 1 aliphatic heterocycles. The molecule has 114 valence electrons. The van der Waals surface area contributed by atoms with E-state index < -0.39 is 17.9 Å². The van der Waals surface area contributed by atoms with Gasteiger partial charge in [-0.3, -0.25) is 14.9 Å². The number of amides is 1. The Morgan fingerprint density at radius 2 is 2.14 bits per heavy atom. The Hall–Kier alpha value is -1.76. The van der Waals surface area contributed by atoms with E-state index in [2.05, 4.69) is 5.32 Å². The standard InChI is InChI=1S/C15H20N2O4/c1-9(18)15(21-10(2)20-3)13-8-12(14(16)19)5-4-11(13)6-7-17-15/h4-5,8,10,17H,6-7H2,1-3H3,(H2,16,19). The highest BCUT2D eigenvalue weighted by atomic mass is 16.7. The zero-order valence-corrected chi connectivity index (χ0v) is 12.4. The van der Waals surface area contributed by atoms with Gasteiger partial charge in [0.2, 0.25) is 11.6 Å². The summed E-state index contributed by atoms with van der Waals surface area (Å²) in [6.45, 7) is 3.75. The Morgan fingerprint density at radius 3 is 2.71 bits per heavy atom. The van der Waals surface area contributed by atoms with E-state index >= 15 is 0 Å². The van der Waals surface area contributed by atoms with Crippen LogP contribution in [-0.2, 0) is 26.4 Å². The maximum Gasteiger partial charge on any atom is 0.248 e. The van der Waals surface area contributed by atoms with Crippen molar-refractivity contribution >= 4 is 11.7 Å². The molecular weight excluding hydrogens is 272 g/mol. The number of nitrogens with one attached hydrogen (secondary N) is 1. The Kier molecular flexibility index (Phi) is 4.41. The van der Waals surface area contributed by atoms with E-state index in [1.165, 1.54) is 14.0 Å². The van der Waals surface area contributed by atoms with Crippen molar-refractivity contribution in [1.82, 2.24) is 5.32 Å². The van der Waals surface area contributed by atoms with Crippen molar-refractivity contribution in [2.24, 2.45) is 5.73 Å². The van der Waals surface area contributed by atoms with Crippen molar-refractivity contribution in [3.8, 4) is 0 Å². The van der Waals surface area contributed by atoms with Gasteiger partial charge in [0.15, 0.2) is 12.1 Å². The van der Waals surface area contributed by atoms with E-state index in [4.69, 9.17) is 15.2 Å². The summed E-state index contributed by atoms with van der Waals surface area (Å²) >= 11 is 0. The molecule has 6 heteroatoms. The molecule has 2 unspecified atom stereocenters. The number of carbonyl (C=O) groups is 2. The number of ketones is 1. The highest BCUT2D eigenvalue weighted by Crippen LogP contribution is 2.33. The molecule has 3 N–H and O–H groups in total. The first kappa shape index (κ1) is 15.6. The molecule has 2 atom stereocenters. The number of carbonyl (C=O) groups excluding carboxylic acids is 2. The second kappa shape index (κ2) is 5.93. The van der Waals surface area contributed by atoms with Crippen LogP contribution in [-0.4, -0.2) is 31.6 Å². The molecule has 1 aromatic carbocycles. The number of rotatable bonds is 5. The van der Waals surface area contributed by atoms with Crippen LogP contribution < -0.4 is 11.1 Å². The Bertz CT molecular complexity index is 573. The summed E-state index contributed by atoms with van der Waals surface area (Å²) in [6.07, 6.45) is 0.165. The molecule has 1 heterocycles. The van der Waals surface area contributed by atoms with Crippen molar-refractivity contribution in [2.45, 2.75) is 32.3 Å². The summed E-state index contributed by atoms with van der Waals surface area (Å²) in [5, 5.41) is 3.12. The zero-order chi connectivity index (χ0) is 15.6. The molecule has 1 aliphatic rings. The Morgan fingerprint density at radius 1 is 1.43 bits per heavy atom. The van der Waals surface area contributed by atoms with E-state index in [1.807, 2.05) is 6.07 Å². The normalized spacial score (nSPS) is 22.4. The largest absolute Gasteiger partial charge is 0.366 e. The topological polar surface area (TPSA) is 90.7 Å². The van der Waals surface area contributed by atoms with E-state index in [1.54, 1.807) is 19.1 Å². The minimum atomic E-state index is -1.31. The van der Waals surface area contributed by atoms with Gasteiger partial charge in [-0.25, -0.2) is 0 Å². The van der Waals surface area contributed by atoms with Crippen LogP contribution >= 0.6 is 0 Å². The molecule has 0 fully saturated rings. The summed E-state index contributed by atoms with van der Waals surface area (Å²) < 4.78 is 10.9. The maximum absolute atomic E-state index is 12.3. The average molecular weight is 292 g/mol. The number of hydrogen-bond donors (Lipinski definition) is 2. The first-order chi connectivity index (χ1) is 9.90. The SMILES string of the molecule is COC(C)OC1(C(C)=O)NCCc2ccc(C(N)=O)cc21. The van der Waals surface area contributed by atoms with Crippen LogP contribution in [0.1, 0.15) is 35.3 Å². The molecule has 0 spiro atoms. The number of Topliss-reactive ketones (excluding diaryl/α,β-unsaturated/α-hetero) is 1. The van der Waals surface area contributed by atoms with Crippen molar-refractivity contribution in [3.63, 3.8) is 0 Å². The lowest BCUT2D eigenvalue weighted by molar-refractivity contribution is -0.209. The van der Waals surface area contributed by atoms with E-state index in [0.29, 0.717) is 17.7 Å². The van der Waals surface area contributed by atoms with Gasteiger partial charge in [-0.05, 0) is 38.0 Å². The van der Waals surface area contributed by atoms with Crippen LogP contribution in [0.25, 0.3) is 0 Å². The summed E-state index contributed by atoms with van der Waals surface area (Å²) in [5.41, 5.74) is 5.94. The molecule has 0 bridgehead atoms. The number of methoxy groups -OCH3 is 1. The van der Waals surface area contributed by atoms with Crippen LogP contribution in [0.2, 0.25) is 0 Å². The van der Waals surface area contributed by atoms with Crippen LogP contribution in [0.15, 0.2) is 18.2 Å². The molecule has 21 heavy (non-hydrogen) atoms. The summed E-state index contributed by atoms with van der Waals surface area (Å²) in [5.74, 6) is -0.741. The summed E-state index contributed by atoms with van der Waals surface area (Å²) in [4.78, 5) is 23.7. The molecule has 6 nitrogen and oxygen atoms in total. The van der Waals surface area contributed by atoms with Crippen molar-refractivity contribution in [2.75, 3.05) is 13.7 Å². The van der Waals surface area contributed by atoms with E-state index in [0.717, 1.165) is 12.0 Å². The predicted octanol–water partition coefficient (Wildman–Crippen LogP) is 0.682. The smallest absolute Gasteiger partial charge is 0.248 e. The molecular formula is C15H20N2O4. The van der Waals surface area contributed by atoms with Crippen molar-refractivity contribution < 1.29 is 19.1 Å².